The fourth-order valence-corrected chi connectivity index (χ4v) is 5.63. The Morgan fingerprint density at radius 3 is 2.33 bits per heavy atom. The van der Waals surface area contributed by atoms with E-state index >= 15 is 0 Å². The molecule has 0 saturated carbocycles. The van der Waals surface area contributed by atoms with Gasteiger partial charge in [0.05, 0.1) is 22.3 Å². The summed E-state index contributed by atoms with van der Waals surface area (Å²) < 4.78 is 39.0. The van der Waals surface area contributed by atoms with Crippen LogP contribution in [0.2, 0.25) is 0 Å². The van der Waals surface area contributed by atoms with Gasteiger partial charge in [0.2, 0.25) is 21.8 Å². The smallest absolute Gasteiger partial charge is 0.257 e. The number of sulfonamides is 1. The second-order valence-electron chi connectivity index (χ2n) is 8.73. The van der Waals surface area contributed by atoms with Crippen LogP contribution in [0.25, 0.3) is 0 Å². The zero-order valence-corrected chi connectivity index (χ0v) is 22.2. The summed E-state index contributed by atoms with van der Waals surface area (Å²) in [6.45, 7) is 7.85. The number of carbonyl (C=O) groups is 1. The van der Waals surface area contributed by atoms with E-state index in [1.54, 1.807) is 12.1 Å². The lowest BCUT2D eigenvalue weighted by atomic mass is 10.2. The third kappa shape index (κ3) is 6.38. The predicted molar refractivity (Wildman–Crippen MR) is 138 cm³/mol. The first-order valence-corrected chi connectivity index (χ1v) is 13.8. The van der Waals surface area contributed by atoms with E-state index in [0.29, 0.717) is 37.1 Å². The number of aryl methyl sites for hydroxylation is 1. The summed E-state index contributed by atoms with van der Waals surface area (Å²) in [6.07, 6.45) is -0.163. The van der Waals surface area contributed by atoms with Crippen molar-refractivity contribution in [2.45, 2.75) is 31.8 Å². The second-order valence-corrected chi connectivity index (χ2v) is 11.5. The van der Waals surface area contributed by atoms with Crippen LogP contribution < -0.4 is 14.8 Å². The molecule has 0 spiro atoms. The number of hydrogen-bond donors (Lipinski definition) is 1. The van der Waals surface area contributed by atoms with Crippen molar-refractivity contribution in [2.75, 3.05) is 38.5 Å². The van der Waals surface area contributed by atoms with Crippen molar-refractivity contribution in [3.8, 4) is 17.5 Å². The summed E-state index contributed by atoms with van der Waals surface area (Å²) in [4.78, 5) is 23.7. The minimum atomic E-state index is -3.58. The molecule has 1 amide bonds. The quantitative estimate of drug-likeness (QED) is 0.469. The number of anilines is 1. The molecule has 1 aromatic carbocycles. The lowest BCUT2D eigenvalue weighted by Crippen LogP contribution is -2.46. The monoisotopic (exact) mass is 531 g/mol. The van der Waals surface area contributed by atoms with Gasteiger partial charge in [0.15, 0.2) is 5.13 Å². The van der Waals surface area contributed by atoms with Crippen molar-refractivity contribution in [2.24, 2.45) is 0 Å². The first kappa shape index (κ1) is 26.0. The number of likely N-dealkylation sites (N-methyl/N-ethyl adjacent to an activating group) is 1. The maximum absolute atomic E-state index is 13.0. The molecule has 1 fully saturated rings. The van der Waals surface area contributed by atoms with E-state index in [9.17, 15) is 13.2 Å². The summed E-state index contributed by atoms with van der Waals surface area (Å²) >= 11 is 1.33. The van der Waals surface area contributed by atoms with Crippen LogP contribution in [0.15, 0.2) is 46.7 Å². The first-order valence-electron chi connectivity index (χ1n) is 11.5. The van der Waals surface area contributed by atoms with Crippen molar-refractivity contribution in [3.63, 3.8) is 0 Å². The molecule has 1 aliphatic rings. The molecule has 0 bridgehead atoms. The summed E-state index contributed by atoms with van der Waals surface area (Å²) in [6, 6.07) is 9.19. The van der Waals surface area contributed by atoms with Gasteiger partial charge in [-0.15, -0.1) is 11.3 Å². The van der Waals surface area contributed by atoms with Crippen LogP contribution in [0.5, 0.6) is 17.5 Å². The molecule has 10 nitrogen and oxygen atoms in total. The van der Waals surface area contributed by atoms with Gasteiger partial charge in [-0.1, -0.05) is 0 Å². The van der Waals surface area contributed by atoms with Gasteiger partial charge >= 0.3 is 0 Å². The number of hydrogen-bond acceptors (Lipinski definition) is 9. The maximum Gasteiger partial charge on any atom is 0.257 e. The number of carbonyl (C=O) groups excluding carboxylic acids is 1. The molecule has 0 aliphatic carbocycles. The molecule has 3 aromatic rings. The van der Waals surface area contributed by atoms with Gasteiger partial charge in [-0.25, -0.2) is 13.4 Å². The van der Waals surface area contributed by atoms with Gasteiger partial charge in [0.25, 0.3) is 5.91 Å². The topological polar surface area (TPSA) is 114 Å². The van der Waals surface area contributed by atoms with Crippen LogP contribution >= 0.6 is 11.3 Å². The molecular formula is C24H29N5O5S2. The third-order valence-corrected chi connectivity index (χ3v) is 8.17. The number of nitrogens with one attached hydrogen (secondary N) is 1. The molecule has 192 valence electrons. The minimum Gasteiger partial charge on any atom is -0.475 e. The number of aromatic nitrogens is 2. The fourth-order valence-electron chi connectivity index (χ4n) is 3.52. The number of nitrogens with zero attached hydrogens (tertiary/aromatic N) is 4. The van der Waals surface area contributed by atoms with Crippen molar-refractivity contribution in [3.05, 3.63) is 53.0 Å². The van der Waals surface area contributed by atoms with Crippen LogP contribution in [0, 0.1) is 6.92 Å². The van der Waals surface area contributed by atoms with Gasteiger partial charge in [0.1, 0.15) is 5.75 Å². The molecule has 1 N–H and O–H groups in total. The Morgan fingerprint density at radius 1 is 1.06 bits per heavy atom. The molecule has 0 unspecified atom stereocenters. The number of rotatable bonds is 8. The molecule has 1 aliphatic heterocycles. The first-order chi connectivity index (χ1) is 17.1. The fraction of sp³-hybridized carbons (Fsp3) is 0.375. The van der Waals surface area contributed by atoms with Gasteiger partial charge in [-0.2, -0.15) is 9.29 Å². The van der Waals surface area contributed by atoms with Gasteiger partial charge in [-0.3, -0.25) is 10.1 Å². The zero-order valence-electron chi connectivity index (χ0n) is 20.6. The highest BCUT2D eigenvalue weighted by atomic mass is 32.2. The molecular weight excluding hydrogens is 502 g/mol. The van der Waals surface area contributed by atoms with Crippen LogP contribution in [0.3, 0.4) is 0 Å². The Kier molecular flexibility index (Phi) is 7.88. The summed E-state index contributed by atoms with van der Waals surface area (Å²) in [7, 11) is -1.61. The zero-order chi connectivity index (χ0) is 25.9. The van der Waals surface area contributed by atoms with E-state index in [1.165, 1.54) is 39.9 Å². The maximum atomic E-state index is 13.0. The molecule has 3 heterocycles. The van der Waals surface area contributed by atoms with E-state index in [-0.39, 0.29) is 34.2 Å². The minimum absolute atomic E-state index is 0.142. The Labute approximate surface area is 214 Å². The third-order valence-electron chi connectivity index (χ3n) is 5.38. The summed E-state index contributed by atoms with van der Waals surface area (Å²) in [5.41, 5.74) is 1.11. The Bertz CT molecular complexity index is 1320. The van der Waals surface area contributed by atoms with E-state index in [4.69, 9.17) is 9.47 Å². The lowest BCUT2D eigenvalue weighted by molar-refractivity contribution is 0.102. The van der Waals surface area contributed by atoms with E-state index in [0.717, 1.165) is 5.69 Å². The Hall–Kier alpha value is -3.06. The van der Waals surface area contributed by atoms with Crippen LogP contribution in [0.4, 0.5) is 5.13 Å². The van der Waals surface area contributed by atoms with Gasteiger partial charge < -0.3 is 14.4 Å². The van der Waals surface area contributed by atoms with Crippen molar-refractivity contribution < 1.29 is 22.7 Å². The summed E-state index contributed by atoms with van der Waals surface area (Å²) in [5, 5.41) is 5.10. The number of benzene rings is 1. The Balaban J connectivity index is 1.53. The molecule has 0 radical (unpaired) electrons. The van der Waals surface area contributed by atoms with Gasteiger partial charge in [-0.05, 0) is 52.1 Å². The number of pyridine rings is 1. The standard InChI is InChI=1S/C24H29N5O5S2/c1-16(2)33-21-13-18(23(30)27-24-25-17(3)15-35-24)14-22(26-21)34-19-5-7-20(8-6-19)36(31,32)29-11-9-28(4)10-12-29/h5-8,13-16H,9-12H2,1-4H3,(H,25,27,30). The normalized spacial score (nSPS) is 15.1. The van der Waals surface area contributed by atoms with Crippen LogP contribution in [-0.4, -0.2) is 72.8 Å². The van der Waals surface area contributed by atoms with E-state index < -0.39 is 10.0 Å². The Morgan fingerprint density at radius 2 is 1.72 bits per heavy atom. The highest BCUT2D eigenvalue weighted by Crippen LogP contribution is 2.27. The molecule has 4 rings (SSSR count). The van der Waals surface area contributed by atoms with Crippen LogP contribution in [0.1, 0.15) is 29.9 Å². The van der Waals surface area contributed by atoms with E-state index in [2.05, 4.69) is 20.2 Å². The number of amides is 1. The van der Waals surface area contributed by atoms with Crippen molar-refractivity contribution in [1.82, 2.24) is 19.2 Å². The average molecular weight is 532 g/mol. The van der Waals surface area contributed by atoms with Crippen molar-refractivity contribution >= 4 is 32.4 Å². The van der Waals surface area contributed by atoms with E-state index in [1.807, 2.05) is 33.2 Å². The molecule has 2 aromatic heterocycles. The van der Waals surface area contributed by atoms with Crippen LogP contribution in [-0.2, 0) is 10.0 Å². The molecule has 1 saturated heterocycles. The highest BCUT2D eigenvalue weighted by Gasteiger charge is 2.27. The average Bonchev–Trinajstić information content (AvgIpc) is 3.23. The second kappa shape index (κ2) is 10.9. The number of ether oxygens (including phenoxy) is 2. The highest BCUT2D eigenvalue weighted by molar-refractivity contribution is 7.89. The predicted octanol–water partition coefficient (Wildman–Crippen LogP) is 3.61. The number of thiazole rings is 1. The molecule has 0 atom stereocenters. The summed E-state index contributed by atoms with van der Waals surface area (Å²) in [5.74, 6) is 0.378. The SMILES string of the molecule is Cc1csc(NC(=O)c2cc(Oc3ccc(S(=O)(=O)N4CCN(C)CC4)cc3)nc(OC(C)C)c2)n1. The molecule has 36 heavy (non-hydrogen) atoms. The van der Waals surface area contributed by atoms with Crippen molar-refractivity contribution in [1.29, 1.82) is 0 Å². The largest absolute Gasteiger partial charge is 0.475 e. The number of piperazine rings is 1. The van der Waals surface area contributed by atoms with Gasteiger partial charge in [0, 0.05) is 43.7 Å². The lowest BCUT2D eigenvalue weighted by Gasteiger charge is -2.31. The molecule has 12 heteroatoms.